The van der Waals surface area contributed by atoms with Crippen molar-refractivity contribution in [1.82, 2.24) is 0 Å². The monoisotopic (exact) mass is 206 g/mol. The second-order valence-electron chi connectivity index (χ2n) is 3.18. The molecule has 15 heavy (non-hydrogen) atoms. The Kier molecular flexibility index (Phi) is 2.37. The van der Waals surface area contributed by atoms with Crippen molar-refractivity contribution in [2.45, 2.75) is 0 Å². The zero-order chi connectivity index (χ0) is 10.8. The average molecular weight is 206 g/mol. The van der Waals surface area contributed by atoms with Crippen LogP contribution < -0.4 is 0 Å². The maximum absolute atomic E-state index is 13.3. The normalized spacial score (nSPS) is 10.3. The quantitative estimate of drug-likeness (QED) is 0.758. The summed E-state index contributed by atoms with van der Waals surface area (Å²) in [7, 11) is 0. The van der Waals surface area contributed by atoms with Gasteiger partial charge in [-0.3, -0.25) is 0 Å². The highest BCUT2D eigenvalue weighted by Crippen LogP contribution is 2.26. The van der Waals surface area contributed by atoms with Crippen molar-refractivity contribution < 1.29 is 13.9 Å². The number of phenols is 1. The van der Waals surface area contributed by atoms with Gasteiger partial charge in [-0.15, -0.1) is 0 Å². The van der Waals surface area contributed by atoms with Crippen molar-refractivity contribution in [3.63, 3.8) is 0 Å². The van der Waals surface area contributed by atoms with E-state index in [2.05, 4.69) is 0 Å². The van der Waals surface area contributed by atoms with E-state index in [4.69, 9.17) is 0 Å². The number of rotatable bonds is 1. The minimum atomic E-state index is -0.590. The lowest BCUT2D eigenvalue weighted by Gasteiger charge is -2.04. The molecule has 0 radical (unpaired) electrons. The summed E-state index contributed by atoms with van der Waals surface area (Å²) in [5.74, 6) is -1.25. The molecule has 0 saturated heterocycles. The Bertz CT molecular complexity index is 474. The van der Waals surface area contributed by atoms with Crippen LogP contribution in [0.25, 0.3) is 11.1 Å². The molecule has 0 bridgehead atoms. The van der Waals surface area contributed by atoms with Crippen LogP contribution in [0.2, 0.25) is 0 Å². The van der Waals surface area contributed by atoms with Crippen LogP contribution in [-0.2, 0) is 0 Å². The molecule has 0 spiro atoms. The lowest BCUT2D eigenvalue weighted by molar-refractivity contribution is 0.469. The molecule has 76 valence electrons. The number of benzene rings is 2. The van der Waals surface area contributed by atoms with E-state index in [0.29, 0.717) is 5.56 Å². The highest BCUT2D eigenvalue weighted by Gasteiger charge is 2.06. The fraction of sp³-hybridized carbons (Fsp3) is 0. The summed E-state index contributed by atoms with van der Waals surface area (Å²) in [5, 5.41) is 9.18. The molecule has 2 aromatic rings. The first-order chi connectivity index (χ1) is 7.16. The van der Waals surface area contributed by atoms with Crippen LogP contribution in [0.4, 0.5) is 8.78 Å². The van der Waals surface area contributed by atoms with Crippen LogP contribution in [0.5, 0.6) is 5.75 Å². The van der Waals surface area contributed by atoms with E-state index in [-0.39, 0.29) is 11.3 Å². The number of halogens is 2. The van der Waals surface area contributed by atoms with Gasteiger partial charge in [-0.25, -0.2) is 8.78 Å². The predicted octanol–water partition coefficient (Wildman–Crippen LogP) is 3.34. The molecule has 1 nitrogen and oxygen atoms in total. The first kappa shape index (κ1) is 9.65. The minimum absolute atomic E-state index is 0.215. The molecule has 0 aromatic heterocycles. The Hall–Kier alpha value is -1.90. The van der Waals surface area contributed by atoms with Gasteiger partial charge in [0.25, 0.3) is 0 Å². The molecule has 0 unspecified atom stereocenters. The summed E-state index contributed by atoms with van der Waals surface area (Å²) < 4.78 is 26.3. The first-order valence-electron chi connectivity index (χ1n) is 4.41. The van der Waals surface area contributed by atoms with Crippen molar-refractivity contribution in [3.8, 4) is 16.9 Å². The topological polar surface area (TPSA) is 20.2 Å². The Morgan fingerprint density at radius 3 is 2.33 bits per heavy atom. The molecule has 0 aliphatic rings. The van der Waals surface area contributed by atoms with Gasteiger partial charge in [-0.2, -0.15) is 0 Å². The van der Waals surface area contributed by atoms with E-state index in [1.54, 1.807) is 12.1 Å². The van der Waals surface area contributed by atoms with E-state index >= 15 is 0 Å². The third-order valence-electron chi connectivity index (χ3n) is 2.07. The second-order valence-corrected chi connectivity index (χ2v) is 3.18. The van der Waals surface area contributed by atoms with Gasteiger partial charge in [0.2, 0.25) is 0 Å². The SMILES string of the molecule is Oc1cc(F)cc(-c2ccccc2F)c1. The van der Waals surface area contributed by atoms with Crippen LogP contribution in [0.3, 0.4) is 0 Å². The molecule has 0 atom stereocenters. The number of phenolic OH excluding ortho intramolecular Hbond substituents is 1. The fourth-order valence-electron chi connectivity index (χ4n) is 1.42. The van der Waals surface area contributed by atoms with Gasteiger partial charge in [0.15, 0.2) is 0 Å². The maximum Gasteiger partial charge on any atom is 0.131 e. The predicted molar refractivity (Wildman–Crippen MR) is 53.5 cm³/mol. The Morgan fingerprint density at radius 1 is 0.933 bits per heavy atom. The standard InChI is InChI=1S/C12H8F2O/c13-9-5-8(6-10(15)7-9)11-3-1-2-4-12(11)14/h1-7,15H. The van der Waals surface area contributed by atoms with E-state index in [1.165, 1.54) is 24.3 Å². The highest BCUT2D eigenvalue weighted by molar-refractivity contribution is 5.65. The Morgan fingerprint density at radius 2 is 1.67 bits per heavy atom. The molecule has 0 aliphatic heterocycles. The summed E-state index contributed by atoms with van der Waals surface area (Å²) in [6.45, 7) is 0. The Balaban J connectivity index is 2.59. The van der Waals surface area contributed by atoms with Crippen molar-refractivity contribution in [2.75, 3.05) is 0 Å². The summed E-state index contributed by atoms with van der Waals surface area (Å²) in [4.78, 5) is 0. The van der Waals surface area contributed by atoms with Gasteiger partial charge in [0, 0.05) is 11.6 Å². The zero-order valence-corrected chi connectivity index (χ0v) is 7.74. The second kappa shape index (κ2) is 3.69. The molecule has 0 saturated carbocycles. The lowest BCUT2D eigenvalue weighted by atomic mass is 10.0. The smallest absolute Gasteiger partial charge is 0.131 e. The van der Waals surface area contributed by atoms with E-state index in [1.807, 2.05) is 0 Å². The van der Waals surface area contributed by atoms with Crippen LogP contribution in [0.15, 0.2) is 42.5 Å². The molecular weight excluding hydrogens is 198 g/mol. The largest absolute Gasteiger partial charge is 0.508 e. The van der Waals surface area contributed by atoms with Gasteiger partial charge in [0.05, 0.1) is 0 Å². The minimum Gasteiger partial charge on any atom is -0.508 e. The van der Waals surface area contributed by atoms with Crippen LogP contribution in [0, 0.1) is 11.6 Å². The Labute approximate surface area is 85.6 Å². The van der Waals surface area contributed by atoms with Crippen LogP contribution >= 0.6 is 0 Å². The van der Waals surface area contributed by atoms with Gasteiger partial charge in [-0.1, -0.05) is 18.2 Å². The van der Waals surface area contributed by atoms with Crippen molar-refractivity contribution in [3.05, 3.63) is 54.1 Å². The van der Waals surface area contributed by atoms with Gasteiger partial charge in [-0.05, 0) is 23.8 Å². The van der Waals surface area contributed by atoms with E-state index in [0.717, 1.165) is 6.07 Å². The molecule has 0 amide bonds. The fourth-order valence-corrected chi connectivity index (χ4v) is 1.42. The first-order valence-corrected chi connectivity index (χ1v) is 4.41. The van der Waals surface area contributed by atoms with Crippen molar-refractivity contribution in [2.24, 2.45) is 0 Å². The third-order valence-corrected chi connectivity index (χ3v) is 2.07. The van der Waals surface area contributed by atoms with Gasteiger partial charge < -0.3 is 5.11 Å². The average Bonchev–Trinajstić information content (AvgIpc) is 2.16. The molecule has 1 N–H and O–H groups in total. The molecule has 2 rings (SSSR count). The van der Waals surface area contributed by atoms with Crippen molar-refractivity contribution >= 4 is 0 Å². The van der Waals surface area contributed by atoms with Crippen molar-refractivity contribution in [1.29, 1.82) is 0 Å². The summed E-state index contributed by atoms with van der Waals surface area (Å²) in [6, 6.07) is 9.50. The molecule has 0 fully saturated rings. The number of hydrogen-bond acceptors (Lipinski definition) is 1. The van der Waals surface area contributed by atoms with E-state index < -0.39 is 11.6 Å². The molecule has 0 heterocycles. The van der Waals surface area contributed by atoms with Gasteiger partial charge >= 0.3 is 0 Å². The summed E-state index contributed by atoms with van der Waals surface area (Å²) >= 11 is 0. The zero-order valence-electron chi connectivity index (χ0n) is 7.74. The number of aromatic hydroxyl groups is 1. The number of hydrogen-bond donors (Lipinski definition) is 1. The summed E-state index contributed by atoms with van der Waals surface area (Å²) in [5.41, 5.74) is 0.595. The molecule has 3 heteroatoms. The maximum atomic E-state index is 13.3. The highest BCUT2D eigenvalue weighted by atomic mass is 19.1. The molecule has 2 aromatic carbocycles. The van der Waals surface area contributed by atoms with Crippen LogP contribution in [0.1, 0.15) is 0 Å². The summed E-state index contributed by atoms with van der Waals surface area (Å²) in [6.07, 6.45) is 0. The van der Waals surface area contributed by atoms with Gasteiger partial charge in [0.1, 0.15) is 17.4 Å². The lowest BCUT2D eigenvalue weighted by Crippen LogP contribution is -1.84. The molecule has 0 aliphatic carbocycles. The van der Waals surface area contributed by atoms with Crippen LogP contribution in [-0.4, -0.2) is 5.11 Å². The van der Waals surface area contributed by atoms with E-state index in [9.17, 15) is 13.9 Å². The third kappa shape index (κ3) is 1.96. The molecular formula is C12H8F2O.